The number of piperidine rings is 1. The number of amides is 1. The summed E-state index contributed by atoms with van der Waals surface area (Å²) in [5, 5.41) is 17.1. The van der Waals surface area contributed by atoms with Crippen molar-refractivity contribution in [3.05, 3.63) is 34.4 Å². The fraction of sp³-hybridized carbons (Fsp3) is 0.562. The topological polar surface area (TPSA) is 93.5 Å². The van der Waals surface area contributed by atoms with Gasteiger partial charge in [-0.05, 0) is 37.4 Å². The summed E-state index contributed by atoms with van der Waals surface area (Å²) < 4.78 is 5.37. The number of nitro groups is 1. The lowest BCUT2D eigenvalue weighted by molar-refractivity contribution is -0.385. The van der Waals surface area contributed by atoms with E-state index in [9.17, 15) is 14.9 Å². The molecule has 0 saturated carbocycles. The van der Waals surface area contributed by atoms with Crippen LogP contribution in [-0.4, -0.2) is 37.1 Å². The number of carbonyl (C=O) groups is 1. The Morgan fingerprint density at radius 1 is 1.39 bits per heavy atom. The second-order valence-electron chi connectivity index (χ2n) is 6.16. The lowest BCUT2D eigenvalue weighted by Gasteiger charge is -2.34. The van der Waals surface area contributed by atoms with E-state index in [0.29, 0.717) is 6.54 Å². The van der Waals surface area contributed by atoms with Gasteiger partial charge in [-0.2, -0.15) is 0 Å². The largest absolute Gasteiger partial charge is 0.486 e. The zero-order chi connectivity index (χ0) is 16.7. The van der Waals surface area contributed by atoms with Crippen LogP contribution in [0, 0.1) is 15.5 Å². The molecule has 1 heterocycles. The van der Waals surface area contributed by atoms with Crippen LogP contribution in [0.25, 0.3) is 0 Å². The first-order chi connectivity index (χ1) is 11.0. The van der Waals surface area contributed by atoms with Crippen LogP contribution < -0.4 is 15.4 Å². The molecule has 0 spiro atoms. The molecule has 1 aliphatic heterocycles. The Balaban J connectivity index is 1.74. The minimum absolute atomic E-state index is 0.0878. The van der Waals surface area contributed by atoms with E-state index in [1.807, 2.05) is 0 Å². The molecule has 0 radical (unpaired) electrons. The number of hydrogen-bond donors (Lipinski definition) is 2. The Bertz CT molecular complexity index is 556. The zero-order valence-electron chi connectivity index (χ0n) is 13.3. The molecule has 1 saturated heterocycles. The molecule has 23 heavy (non-hydrogen) atoms. The second kappa shape index (κ2) is 7.92. The van der Waals surface area contributed by atoms with Gasteiger partial charge in [-0.15, -0.1) is 0 Å². The highest BCUT2D eigenvalue weighted by molar-refractivity contribution is 5.76. The standard InChI is InChI=1S/C16H23N3O4/c1-16(7-9-17-10-8-16)12-18-15(20)6-11-23-14-5-3-2-4-13(14)19(21)22/h2-5,17H,6-12H2,1H3,(H,18,20). The number of ether oxygens (including phenoxy) is 1. The molecule has 0 atom stereocenters. The van der Waals surface area contributed by atoms with Crippen LogP contribution >= 0.6 is 0 Å². The molecule has 0 aromatic heterocycles. The van der Waals surface area contributed by atoms with Crippen LogP contribution in [0.2, 0.25) is 0 Å². The molecule has 0 bridgehead atoms. The van der Waals surface area contributed by atoms with Crippen LogP contribution in [0.15, 0.2) is 24.3 Å². The first kappa shape index (κ1) is 17.2. The molecule has 2 rings (SSSR count). The summed E-state index contributed by atoms with van der Waals surface area (Å²) in [6.07, 6.45) is 2.26. The lowest BCUT2D eigenvalue weighted by Crippen LogP contribution is -2.43. The molecule has 1 amide bonds. The van der Waals surface area contributed by atoms with Crippen molar-refractivity contribution in [1.29, 1.82) is 0 Å². The van der Waals surface area contributed by atoms with Crippen molar-refractivity contribution in [3.63, 3.8) is 0 Å². The first-order valence-corrected chi connectivity index (χ1v) is 7.84. The van der Waals surface area contributed by atoms with Gasteiger partial charge in [0.25, 0.3) is 0 Å². The normalized spacial score (nSPS) is 16.6. The number of para-hydroxylation sites is 2. The SMILES string of the molecule is CC1(CNC(=O)CCOc2ccccc2[N+](=O)[O-])CCNCC1. The zero-order valence-corrected chi connectivity index (χ0v) is 13.3. The van der Waals surface area contributed by atoms with E-state index in [1.165, 1.54) is 12.1 Å². The smallest absolute Gasteiger partial charge is 0.310 e. The van der Waals surface area contributed by atoms with E-state index in [2.05, 4.69) is 17.6 Å². The van der Waals surface area contributed by atoms with E-state index in [0.717, 1.165) is 25.9 Å². The van der Waals surface area contributed by atoms with Crippen molar-refractivity contribution in [2.75, 3.05) is 26.2 Å². The van der Waals surface area contributed by atoms with Crippen molar-refractivity contribution in [2.24, 2.45) is 5.41 Å². The number of rotatable bonds is 7. The monoisotopic (exact) mass is 321 g/mol. The summed E-state index contributed by atoms with van der Waals surface area (Å²) in [7, 11) is 0. The predicted molar refractivity (Wildman–Crippen MR) is 86.4 cm³/mol. The van der Waals surface area contributed by atoms with E-state index < -0.39 is 4.92 Å². The Morgan fingerprint density at radius 3 is 2.78 bits per heavy atom. The van der Waals surface area contributed by atoms with E-state index in [1.54, 1.807) is 12.1 Å². The Kier molecular flexibility index (Phi) is 5.92. The summed E-state index contributed by atoms with van der Waals surface area (Å²) in [5.41, 5.74) is 0.0510. The third-order valence-corrected chi connectivity index (χ3v) is 4.17. The van der Waals surface area contributed by atoms with Gasteiger partial charge < -0.3 is 15.4 Å². The van der Waals surface area contributed by atoms with Gasteiger partial charge in [0.2, 0.25) is 5.91 Å². The summed E-state index contributed by atoms with van der Waals surface area (Å²) in [4.78, 5) is 22.3. The maximum absolute atomic E-state index is 11.9. The highest BCUT2D eigenvalue weighted by atomic mass is 16.6. The number of nitro benzene ring substituents is 1. The van der Waals surface area contributed by atoms with Gasteiger partial charge in [0.05, 0.1) is 18.0 Å². The summed E-state index contributed by atoms with van der Waals surface area (Å²) in [6.45, 7) is 4.91. The van der Waals surface area contributed by atoms with Crippen LogP contribution in [-0.2, 0) is 4.79 Å². The minimum Gasteiger partial charge on any atom is -0.486 e. The predicted octanol–water partition coefficient (Wildman–Crippen LogP) is 1.87. The Labute approximate surface area is 135 Å². The second-order valence-corrected chi connectivity index (χ2v) is 6.16. The summed E-state index contributed by atoms with van der Waals surface area (Å²) in [6, 6.07) is 6.16. The van der Waals surface area contributed by atoms with Gasteiger partial charge in [0, 0.05) is 12.6 Å². The van der Waals surface area contributed by atoms with E-state index in [4.69, 9.17) is 4.74 Å². The number of hydrogen-bond acceptors (Lipinski definition) is 5. The molecule has 1 aromatic rings. The number of benzene rings is 1. The van der Waals surface area contributed by atoms with E-state index in [-0.39, 0.29) is 35.8 Å². The summed E-state index contributed by atoms with van der Waals surface area (Å²) in [5.74, 6) is 0.0963. The molecule has 2 N–H and O–H groups in total. The first-order valence-electron chi connectivity index (χ1n) is 7.84. The van der Waals surface area contributed by atoms with Gasteiger partial charge in [-0.1, -0.05) is 19.1 Å². The molecule has 126 valence electrons. The van der Waals surface area contributed by atoms with Crippen molar-refractivity contribution < 1.29 is 14.5 Å². The van der Waals surface area contributed by atoms with Gasteiger partial charge in [-0.3, -0.25) is 14.9 Å². The van der Waals surface area contributed by atoms with Crippen molar-refractivity contribution >= 4 is 11.6 Å². The third-order valence-electron chi connectivity index (χ3n) is 4.17. The fourth-order valence-corrected chi connectivity index (χ4v) is 2.59. The number of nitrogens with one attached hydrogen (secondary N) is 2. The molecular weight excluding hydrogens is 298 g/mol. The number of carbonyl (C=O) groups excluding carboxylic acids is 1. The van der Waals surface area contributed by atoms with Crippen LogP contribution in [0.4, 0.5) is 5.69 Å². The highest BCUT2D eigenvalue weighted by Gasteiger charge is 2.26. The molecule has 0 aliphatic carbocycles. The molecule has 1 aliphatic rings. The summed E-state index contributed by atoms with van der Waals surface area (Å²) >= 11 is 0. The molecule has 1 fully saturated rings. The molecule has 7 heteroatoms. The maximum atomic E-state index is 11.9. The van der Waals surface area contributed by atoms with Gasteiger partial charge in [0.15, 0.2) is 5.75 Å². The van der Waals surface area contributed by atoms with Crippen molar-refractivity contribution in [3.8, 4) is 5.75 Å². The van der Waals surface area contributed by atoms with Gasteiger partial charge in [0.1, 0.15) is 0 Å². The van der Waals surface area contributed by atoms with Crippen LogP contribution in [0.3, 0.4) is 0 Å². The lowest BCUT2D eigenvalue weighted by atomic mass is 9.81. The number of nitrogens with zero attached hydrogens (tertiary/aromatic N) is 1. The van der Waals surface area contributed by atoms with Crippen LogP contribution in [0.5, 0.6) is 5.75 Å². The average Bonchev–Trinajstić information content (AvgIpc) is 2.54. The van der Waals surface area contributed by atoms with Gasteiger partial charge in [-0.25, -0.2) is 0 Å². The molecule has 1 aromatic carbocycles. The van der Waals surface area contributed by atoms with E-state index >= 15 is 0 Å². The van der Waals surface area contributed by atoms with Crippen molar-refractivity contribution in [2.45, 2.75) is 26.2 Å². The molecular formula is C16H23N3O4. The average molecular weight is 321 g/mol. The third kappa shape index (κ3) is 5.21. The van der Waals surface area contributed by atoms with Gasteiger partial charge >= 0.3 is 5.69 Å². The Hall–Kier alpha value is -2.15. The Morgan fingerprint density at radius 2 is 2.09 bits per heavy atom. The van der Waals surface area contributed by atoms with Crippen molar-refractivity contribution in [1.82, 2.24) is 10.6 Å². The highest BCUT2D eigenvalue weighted by Crippen LogP contribution is 2.27. The molecule has 0 unspecified atom stereocenters. The fourth-order valence-electron chi connectivity index (χ4n) is 2.59. The minimum atomic E-state index is -0.493. The van der Waals surface area contributed by atoms with Crippen LogP contribution in [0.1, 0.15) is 26.2 Å². The quantitative estimate of drug-likeness (QED) is 0.590. The maximum Gasteiger partial charge on any atom is 0.310 e. The molecule has 7 nitrogen and oxygen atoms in total.